The van der Waals surface area contributed by atoms with Gasteiger partial charge in [0.1, 0.15) is 0 Å². The largest absolute Gasteiger partial charge is 0.0858 e. The Labute approximate surface area is 103 Å². The molecule has 16 heavy (non-hydrogen) atoms. The summed E-state index contributed by atoms with van der Waals surface area (Å²) in [5, 5.41) is 2.52. The molecule has 0 fully saturated rings. The summed E-state index contributed by atoms with van der Waals surface area (Å²) in [5.41, 5.74) is 2.54. The molecule has 0 heterocycles. The van der Waals surface area contributed by atoms with Crippen LogP contribution in [0.2, 0.25) is 0 Å². The lowest BCUT2D eigenvalue weighted by molar-refractivity contribution is 1.51. The second-order valence-corrected chi connectivity index (χ2v) is 6.39. The molecule has 0 bridgehead atoms. The highest BCUT2D eigenvalue weighted by Gasteiger charge is 2.14. The van der Waals surface area contributed by atoms with Crippen molar-refractivity contribution in [1.82, 2.24) is 0 Å². The van der Waals surface area contributed by atoms with Crippen LogP contribution in [0.15, 0.2) is 48.5 Å². The van der Waals surface area contributed by atoms with Gasteiger partial charge in [0.2, 0.25) is 0 Å². The van der Waals surface area contributed by atoms with E-state index in [1.807, 2.05) is 0 Å². The van der Waals surface area contributed by atoms with Crippen LogP contribution < -0.4 is 10.6 Å². The van der Waals surface area contributed by atoms with Gasteiger partial charge in [-0.25, -0.2) is 0 Å². The van der Waals surface area contributed by atoms with E-state index in [-0.39, 0.29) is 0 Å². The van der Waals surface area contributed by atoms with Gasteiger partial charge in [-0.1, -0.05) is 59.8 Å². The lowest BCUT2D eigenvalue weighted by Crippen LogP contribution is -2.12. The van der Waals surface area contributed by atoms with Crippen LogP contribution in [0.3, 0.4) is 0 Å². The molecule has 0 spiro atoms. The molecule has 2 aromatic carbocycles. The minimum Gasteiger partial charge on any atom is -0.0858 e. The van der Waals surface area contributed by atoms with E-state index < -0.39 is 7.27 Å². The molecule has 0 amide bonds. The SMILES string of the molecule is Cc1ccccc1P(Cl)c1ccccc1C. The van der Waals surface area contributed by atoms with Crippen molar-refractivity contribution < 1.29 is 0 Å². The van der Waals surface area contributed by atoms with Crippen molar-refractivity contribution in [3.63, 3.8) is 0 Å². The van der Waals surface area contributed by atoms with Crippen LogP contribution in [-0.2, 0) is 0 Å². The van der Waals surface area contributed by atoms with Crippen LogP contribution in [0.25, 0.3) is 0 Å². The van der Waals surface area contributed by atoms with Gasteiger partial charge in [0, 0.05) is 0 Å². The second-order valence-electron chi connectivity index (χ2n) is 3.85. The van der Waals surface area contributed by atoms with Gasteiger partial charge >= 0.3 is 0 Å². The molecule has 0 aliphatic carbocycles. The monoisotopic (exact) mass is 248 g/mol. The predicted molar refractivity (Wildman–Crippen MR) is 74.4 cm³/mol. The second kappa shape index (κ2) is 4.99. The Morgan fingerprint density at radius 2 is 1.12 bits per heavy atom. The molecule has 82 valence electrons. The summed E-state index contributed by atoms with van der Waals surface area (Å²) in [4.78, 5) is 0. The zero-order chi connectivity index (χ0) is 11.5. The molecule has 2 heteroatoms. The molecule has 0 atom stereocenters. The Kier molecular flexibility index (Phi) is 3.63. The molecule has 0 saturated heterocycles. The third kappa shape index (κ3) is 2.29. The topological polar surface area (TPSA) is 0 Å². The van der Waals surface area contributed by atoms with Gasteiger partial charge in [0.15, 0.2) is 0 Å². The van der Waals surface area contributed by atoms with Crippen LogP contribution in [0, 0.1) is 13.8 Å². The number of halogens is 1. The Hall–Kier alpha value is -0.840. The minimum atomic E-state index is -0.740. The summed E-state index contributed by atoms with van der Waals surface area (Å²) in [6.45, 7) is 4.23. The lowest BCUT2D eigenvalue weighted by atomic mass is 10.2. The van der Waals surface area contributed by atoms with Gasteiger partial charge in [-0.2, -0.15) is 0 Å². The summed E-state index contributed by atoms with van der Waals surface area (Å²) in [7, 11) is -0.740. The van der Waals surface area contributed by atoms with Crippen molar-refractivity contribution in [2.24, 2.45) is 0 Å². The van der Waals surface area contributed by atoms with Gasteiger partial charge in [0.05, 0.1) is 7.27 Å². The number of hydrogen-bond donors (Lipinski definition) is 0. The van der Waals surface area contributed by atoms with Gasteiger partial charge in [-0.05, 0) is 35.6 Å². The maximum Gasteiger partial charge on any atom is 0.0529 e. The smallest absolute Gasteiger partial charge is 0.0529 e. The normalized spacial score (nSPS) is 10.8. The molecule has 0 nitrogen and oxygen atoms in total. The van der Waals surface area contributed by atoms with Gasteiger partial charge in [-0.15, -0.1) is 0 Å². The van der Waals surface area contributed by atoms with E-state index in [2.05, 4.69) is 62.4 Å². The van der Waals surface area contributed by atoms with Gasteiger partial charge in [-0.3, -0.25) is 0 Å². The van der Waals surface area contributed by atoms with E-state index in [4.69, 9.17) is 11.2 Å². The standard InChI is InChI=1S/C14H14ClP/c1-11-7-3-5-9-13(11)16(15)14-10-6-4-8-12(14)2/h3-10H,1-2H3. The first-order chi connectivity index (χ1) is 7.70. The summed E-state index contributed by atoms with van der Waals surface area (Å²) < 4.78 is 0. The lowest BCUT2D eigenvalue weighted by Gasteiger charge is -2.14. The summed E-state index contributed by atoms with van der Waals surface area (Å²) in [6, 6.07) is 16.7. The molecule has 2 aromatic rings. The Morgan fingerprint density at radius 1 is 0.750 bits per heavy atom. The summed E-state index contributed by atoms with van der Waals surface area (Å²) in [5.74, 6) is 0. The molecule has 0 unspecified atom stereocenters. The molecule has 0 aromatic heterocycles. The van der Waals surface area contributed by atoms with Crippen molar-refractivity contribution in [3.05, 3.63) is 59.7 Å². The van der Waals surface area contributed by atoms with Crippen LogP contribution in [-0.4, -0.2) is 0 Å². The van der Waals surface area contributed by atoms with E-state index in [0.29, 0.717) is 0 Å². The Bertz CT molecular complexity index is 448. The van der Waals surface area contributed by atoms with E-state index in [1.54, 1.807) is 0 Å². The highest BCUT2D eigenvalue weighted by molar-refractivity contribution is 7.95. The average Bonchev–Trinajstić information content (AvgIpc) is 2.29. The summed E-state index contributed by atoms with van der Waals surface area (Å²) >= 11 is 6.61. The maximum atomic E-state index is 6.61. The average molecular weight is 249 g/mol. The fraction of sp³-hybridized carbons (Fsp3) is 0.143. The molecule has 0 aliphatic heterocycles. The molecule has 2 rings (SSSR count). The zero-order valence-corrected chi connectivity index (χ0v) is 11.1. The number of aryl methyl sites for hydroxylation is 2. The highest BCUT2D eigenvalue weighted by Crippen LogP contribution is 2.40. The number of rotatable bonds is 2. The molecule has 0 aliphatic rings. The molecular weight excluding hydrogens is 235 g/mol. The molecule has 0 saturated carbocycles. The van der Waals surface area contributed by atoms with Crippen molar-refractivity contribution in [2.75, 3.05) is 0 Å². The molecule has 0 radical (unpaired) electrons. The fourth-order valence-electron chi connectivity index (χ4n) is 1.70. The Morgan fingerprint density at radius 3 is 1.50 bits per heavy atom. The highest BCUT2D eigenvalue weighted by atomic mass is 35.7. The van der Waals surface area contributed by atoms with Crippen LogP contribution in [0.5, 0.6) is 0 Å². The molecule has 0 N–H and O–H groups in total. The minimum absolute atomic E-state index is 0.740. The predicted octanol–water partition coefficient (Wildman–Crippen LogP) is 3.89. The third-order valence-corrected chi connectivity index (χ3v) is 5.60. The van der Waals surface area contributed by atoms with E-state index >= 15 is 0 Å². The fourth-order valence-corrected chi connectivity index (χ4v) is 4.30. The van der Waals surface area contributed by atoms with Gasteiger partial charge in [0.25, 0.3) is 0 Å². The first-order valence-corrected chi connectivity index (χ1v) is 7.52. The first kappa shape index (κ1) is 11.6. The van der Waals surface area contributed by atoms with Crippen LogP contribution in [0.1, 0.15) is 11.1 Å². The van der Waals surface area contributed by atoms with E-state index in [0.717, 1.165) is 0 Å². The van der Waals surface area contributed by atoms with Crippen molar-refractivity contribution in [1.29, 1.82) is 0 Å². The van der Waals surface area contributed by atoms with Crippen LogP contribution in [0.4, 0.5) is 0 Å². The van der Waals surface area contributed by atoms with Crippen molar-refractivity contribution in [2.45, 2.75) is 13.8 Å². The van der Waals surface area contributed by atoms with Crippen molar-refractivity contribution in [3.8, 4) is 0 Å². The maximum absolute atomic E-state index is 6.61. The van der Waals surface area contributed by atoms with Crippen molar-refractivity contribution >= 4 is 29.1 Å². The first-order valence-electron chi connectivity index (χ1n) is 5.27. The number of benzene rings is 2. The summed E-state index contributed by atoms with van der Waals surface area (Å²) in [6.07, 6.45) is 0. The van der Waals surface area contributed by atoms with E-state index in [9.17, 15) is 0 Å². The zero-order valence-electron chi connectivity index (χ0n) is 9.44. The van der Waals surface area contributed by atoms with E-state index in [1.165, 1.54) is 21.7 Å². The van der Waals surface area contributed by atoms with Crippen LogP contribution >= 0.6 is 18.5 Å². The third-order valence-electron chi connectivity index (χ3n) is 2.65. The number of hydrogen-bond acceptors (Lipinski definition) is 0. The molecular formula is C14H14ClP. The quantitative estimate of drug-likeness (QED) is 0.708. The Balaban J connectivity index is 2.44. The van der Waals surface area contributed by atoms with Gasteiger partial charge < -0.3 is 0 Å².